The average molecular weight is 235 g/mol. The molecule has 4 heteroatoms. The van der Waals surface area contributed by atoms with Crippen molar-refractivity contribution < 1.29 is 13.5 Å². The molecule has 1 aliphatic rings. The summed E-state index contributed by atoms with van der Waals surface area (Å²) < 4.78 is 31.3. The van der Waals surface area contributed by atoms with Crippen LogP contribution in [0.1, 0.15) is 11.7 Å². The molecule has 2 rings (SSSR count). The van der Waals surface area contributed by atoms with Gasteiger partial charge >= 0.3 is 0 Å². The van der Waals surface area contributed by atoms with Gasteiger partial charge in [-0.2, -0.15) is 0 Å². The van der Waals surface area contributed by atoms with Crippen molar-refractivity contribution in [1.29, 1.82) is 0 Å². The molecule has 64 valence electrons. The van der Waals surface area contributed by atoms with Crippen molar-refractivity contribution in [1.82, 2.24) is 0 Å². The van der Waals surface area contributed by atoms with Crippen LogP contribution in [0.25, 0.3) is 0 Å². The van der Waals surface area contributed by atoms with Crippen molar-refractivity contribution in [2.24, 2.45) is 0 Å². The second kappa shape index (κ2) is 2.78. The Bertz CT molecular complexity index is 300. The van der Waals surface area contributed by atoms with E-state index < -0.39 is 11.6 Å². The Morgan fingerprint density at radius 3 is 2.25 bits per heavy atom. The van der Waals surface area contributed by atoms with E-state index >= 15 is 0 Å². The Hall–Kier alpha value is -0.480. The monoisotopic (exact) mass is 234 g/mol. The predicted octanol–water partition coefficient (Wildman–Crippen LogP) is 2.80. The first-order chi connectivity index (χ1) is 5.68. The summed E-state index contributed by atoms with van der Waals surface area (Å²) in [4.78, 5) is 0. The van der Waals surface area contributed by atoms with Gasteiger partial charge in [-0.15, -0.1) is 0 Å². The van der Waals surface area contributed by atoms with Crippen LogP contribution >= 0.6 is 15.9 Å². The zero-order chi connectivity index (χ0) is 8.72. The van der Waals surface area contributed by atoms with Gasteiger partial charge in [0.15, 0.2) is 0 Å². The summed E-state index contributed by atoms with van der Waals surface area (Å²) in [5, 5.41) is 0. The molecule has 0 bridgehead atoms. The van der Waals surface area contributed by atoms with Gasteiger partial charge in [-0.3, -0.25) is 0 Å². The number of epoxide rings is 1. The van der Waals surface area contributed by atoms with E-state index in [4.69, 9.17) is 4.74 Å². The molecule has 12 heavy (non-hydrogen) atoms. The maximum absolute atomic E-state index is 13.1. The highest BCUT2D eigenvalue weighted by Gasteiger charge is 2.31. The summed E-state index contributed by atoms with van der Waals surface area (Å²) in [6.07, 6.45) is -0.377. The fourth-order valence-corrected chi connectivity index (χ4v) is 1.48. The van der Waals surface area contributed by atoms with Crippen LogP contribution in [-0.2, 0) is 4.74 Å². The molecule has 1 heterocycles. The van der Waals surface area contributed by atoms with Gasteiger partial charge in [0.05, 0.1) is 12.2 Å². The van der Waals surface area contributed by atoms with E-state index in [-0.39, 0.29) is 11.7 Å². The molecule has 0 unspecified atom stereocenters. The Morgan fingerprint density at radius 2 is 1.83 bits per heavy atom. The van der Waals surface area contributed by atoms with Gasteiger partial charge in [0.2, 0.25) is 0 Å². The molecule has 1 aliphatic heterocycles. The van der Waals surface area contributed by atoms with E-state index in [1.54, 1.807) is 0 Å². The largest absolute Gasteiger partial charge is 0.368 e. The lowest BCUT2D eigenvalue weighted by atomic mass is 10.1. The molecule has 0 aromatic heterocycles. The highest BCUT2D eigenvalue weighted by molar-refractivity contribution is 9.10. The molecule has 0 radical (unpaired) electrons. The molecule has 0 aliphatic carbocycles. The molecule has 1 fully saturated rings. The van der Waals surface area contributed by atoms with E-state index in [0.717, 1.165) is 0 Å². The van der Waals surface area contributed by atoms with Crippen LogP contribution in [0.3, 0.4) is 0 Å². The highest BCUT2D eigenvalue weighted by atomic mass is 79.9. The number of benzene rings is 1. The first-order valence-corrected chi connectivity index (χ1v) is 4.24. The van der Waals surface area contributed by atoms with Gasteiger partial charge in [-0.1, -0.05) is 15.9 Å². The molecular formula is C8H5BrF2O. The van der Waals surface area contributed by atoms with Crippen molar-refractivity contribution in [2.75, 3.05) is 6.61 Å². The fraction of sp³-hybridized carbons (Fsp3) is 0.250. The Balaban J connectivity index is 2.51. The second-order valence-corrected chi connectivity index (χ2v) is 3.52. The van der Waals surface area contributed by atoms with Gasteiger partial charge in [0.1, 0.15) is 17.7 Å². The molecule has 0 N–H and O–H groups in total. The Labute approximate surface area is 76.5 Å². The second-order valence-electron chi connectivity index (χ2n) is 2.61. The van der Waals surface area contributed by atoms with Crippen LogP contribution in [0.2, 0.25) is 0 Å². The average Bonchev–Trinajstić information content (AvgIpc) is 2.68. The molecule has 1 aromatic carbocycles. The molecule has 1 saturated heterocycles. The van der Waals surface area contributed by atoms with Crippen LogP contribution in [-0.4, -0.2) is 6.61 Å². The molecule has 0 spiro atoms. The van der Waals surface area contributed by atoms with Crippen LogP contribution in [0.5, 0.6) is 0 Å². The molecule has 1 aromatic rings. The Morgan fingerprint density at radius 1 is 1.33 bits per heavy atom. The van der Waals surface area contributed by atoms with Gasteiger partial charge in [-0.05, 0) is 12.1 Å². The standard InChI is InChI=1S/C8H5BrF2O/c9-4-1-5(10)8(6(11)2-4)7-3-12-7/h1-2,7H,3H2/t7-/m0/s1. The Kier molecular flexibility index (Phi) is 1.88. The van der Waals surface area contributed by atoms with Crippen LogP contribution < -0.4 is 0 Å². The number of halogens is 3. The van der Waals surface area contributed by atoms with Crippen molar-refractivity contribution in [3.05, 3.63) is 33.8 Å². The van der Waals surface area contributed by atoms with Crippen molar-refractivity contribution in [3.63, 3.8) is 0 Å². The minimum atomic E-state index is -0.552. The third kappa shape index (κ3) is 1.36. The lowest BCUT2D eigenvalue weighted by Gasteiger charge is -2.01. The van der Waals surface area contributed by atoms with E-state index in [1.807, 2.05) is 0 Å². The van der Waals surface area contributed by atoms with Gasteiger partial charge < -0.3 is 4.74 Å². The van der Waals surface area contributed by atoms with E-state index in [2.05, 4.69) is 15.9 Å². The van der Waals surface area contributed by atoms with Crippen molar-refractivity contribution >= 4 is 15.9 Å². The topological polar surface area (TPSA) is 12.5 Å². The third-order valence-corrected chi connectivity index (χ3v) is 2.16. The van der Waals surface area contributed by atoms with E-state index in [9.17, 15) is 8.78 Å². The van der Waals surface area contributed by atoms with Gasteiger partial charge in [0, 0.05) is 4.47 Å². The number of rotatable bonds is 1. The highest BCUT2D eigenvalue weighted by Crippen LogP contribution is 2.34. The summed E-state index contributed by atoms with van der Waals surface area (Å²) in [6.45, 7) is 0.412. The van der Waals surface area contributed by atoms with Gasteiger partial charge in [-0.25, -0.2) is 8.78 Å². The van der Waals surface area contributed by atoms with E-state index in [0.29, 0.717) is 11.1 Å². The summed E-state index contributed by atoms with van der Waals surface area (Å²) in [6, 6.07) is 2.47. The number of hydrogen-bond donors (Lipinski definition) is 0. The predicted molar refractivity (Wildman–Crippen MR) is 42.8 cm³/mol. The summed E-state index contributed by atoms with van der Waals surface area (Å²) in [7, 11) is 0. The van der Waals surface area contributed by atoms with Crippen molar-refractivity contribution in [3.8, 4) is 0 Å². The molecule has 1 nitrogen and oxygen atoms in total. The summed E-state index contributed by atoms with van der Waals surface area (Å²) >= 11 is 3.00. The van der Waals surface area contributed by atoms with E-state index in [1.165, 1.54) is 12.1 Å². The quantitative estimate of drug-likeness (QED) is 0.682. The van der Waals surface area contributed by atoms with Crippen LogP contribution in [0.4, 0.5) is 8.78 Å². The zero-order valence-corrected chi connectivity index (χ0v) is 7.57. The first-order valence-electron chi connectivity index (χ1n) is 3.44. The fourth-order valence-electron chi connectivity index (χ4n) is 1.08. The van der Waals surface area contributed by atoms with Crippen LogP contribution in [0, 0.1) is 11.6 Å². The molecular weight excluding hydrogens is 230 g/mol. The number of ether oxygens (including phenoxy) is 1. The molecule has 0 amide bonds. The SMILES string of the molecule is Fc1cc(Br)cc(F)c1[C@@H]1CO1. The van der Waals surface area contributed by atoms with Crippen molar-refractivity contribution in [2.45, 2.75) is 6.10 Å². The van der Waals surface area contributed by atoms with Gasteiger partial charge in [0.25, 0.3) is 0 Å². The van der Waals surface area contributed by atoms with Crippen LogP contribution in [0.15, 0.2) is 16.6 Å². The minimum absolute atomic E-state index is 0.0400. The minimum Gasteiger partial charge on any atom is -0.368 e. The lowest BCUT2D eigenvalue weighted by molar-refractivity contribution is 0.397. The zero-order valence-electron chi connectivity index (χ0n) is 5.98. The smallest absolute Gasteiger partial charge is 0.133 e. The molecule has 0 saturated carbocycles. The summed E-state index contributed by atoms with van der Waals surface area (Å²) in [5.41, 5.74) is 0.0400. The maximum atomic E-state index is 13.1. The summed E-state index contributed by atoms with van der Waals surface area (Å²) in [5.74, 6) is -1.10. The molecule has 1 atom stereocenters. The maximum Gasteiger partial charge on any atom is 0.133 e. The first kappa shape index (κ1) is 8.13. The number of hydrogen-bond acceptors (Lipinski definition) is 1. The third-order valence-electron chi connectivity index (χ3n) is 1.70. The lowest BCUT2D eigenvalue weighted by Crippen LogP contribution is -1.93. The normalized spacial score (nSPS) is 21.1.